The molecule has 0 aromatic heterocycles. The van der Waals surface area contributed by atoms with E-state index in [0.29, 0.717) is 25.7 Å². The van der Waals surface area contributed by atoms with E-state index in [1.165, 1.54) is 173 Å². The molecule has 0 spiro atoms. The monoisotopic (exact) mass is 1370 g/mol. The molecule has 0 rings (SSSR count). The first-order valence-electron chi connectivity index (χ1n) is 38.4. The summed E-state index contributed by atoms with van der Waals surface area (Å²) < 4.78 is 68.4. The molecule has 3 unspecified atom stereocenters. The van der Waals surface area contributed by atoms with Gasteiger partial charge in [0, 0.05) is 25.7 Å². The second-order valence-corrected chi connectivity index (χ2v) is 30.8. The maximum absolute atomic E-state index is 13.1. The number of phosphoric acid groups is 2. The Kier molecular flexibility index (Phi) is 63.4. The second kappa shape index (κ2) is 64.7. The summed E-state index contributed by atoms with van der Waals surface area (Å²) in [6.07, 6.45) is 49.9. The number of carbonyl (C=O) groups is 4. The molecule has 0 heterocycles. The summed E-state index contributed by atoms with van der Waals surface area (Å²) in [4.78, 5) is 72.6. The van der Waals surface area contributed by atoms with Gasteiger partial charge in [-0.05, 0) is 43.4 Å². The van der Waals surface area contributed by atoms with Crippen LogP contribution in [0.4, 0.5) is 0 Å². The van der Waals surface area contributed by atoms with Crippen molar-refractivity contribution in [1.82, 2.24) is 0 Å². The fraction of sp³-hybridized carbons (Fsp3) is 0.946. The number of aliphatic hydroxyl groups excluding tert-OH is 1. The maximum Gasteiger partial charge on any atom is 0.472 e. The van der Waals surface area contributed by atoms with Crippen LogP contribution in [0.25, 0.3) is 0 Å². The number of carbonyl (C=O) groups excluding carboxylic acids is 4. The van der Waals surface area contributed by atoms with Crippen molar-refractivity contribution in [2.45, 2.75) is 394 Å². The van der Waals surface area contributed by atoms with E-state index in [9.17, 15) is 43.2 Å². The average Bonchev–Trinajstić information content (AvgIpc) is 3.34. The van der Waals surface area contributed by atoms with Gasteiger partial charge in [0.15, 0.2) is 12.2 Å². The molecule has 0 aliphatic carbocycles. The number of esters is 4. The molecule has 19 heteroatoms. The lowest BCUT2D eigenvalue weighted by Gasteiger charge is -2.21. The van der Waals surface area contributed by atoms with Crippen LogP contribution in [0.3, 0.4) is 0 Å². The number of phosphoric ester groups is 2. The van der Waals surface area contributed by atoms with Crippen molar-refractivity contribution >= 4 is 39.5 Å². The van der Waals surface area contributed by atoms with Crippen LogP contribution < -0.4 is 0 Å². The van der Waals surface area contributed by atoms with Crippen LogP contribution in [-0.2, 0) is 65.4 Å². The molecule has 0 aromatic rings. The Hall–Kier alpha value is -1.94. The lowest BCUT2D eigenvalue weighted by molar-refractivity contribution is -0.161. The highest BCUT2D eigenvalue weighted by Gasteiger charge is 2.30. The number of aliphatic hydroxyl groups is 1. The minimum absolute atomic E-state index is 0.106. The molecule has 17 nitrogen and oxygen atoms in total. The van der Waals surface area contributed by atoms with Gasteiger partial charge in [0.25, 0.3) is 0 Å². The van der Waals surface area contributed by atoms with Crippen LogP contribution >= 0.6 is 15.6 Å². The minimum Gasteiger partial charge on any atom is -0.462 e. The summed E-state index contributed by atoms with van der Waals surface area (Å²) in [7, 11) is -9.90. The van der Waals surface area contributed by atoms with Gasteiger partial charge in [-0.15, -0.1) is 0 Å². The number of rotatable bonds is 72. The first-order chi connectivity index (χ1) is 44.8. The van der Waals surface area contributed by atoms with Crippen LogP contribution in [0.15, 0.2) is 0 Å². The van der Waals surface area contributed by atoms with Gasteiger partial charge in [0.2, 0.25) is 0 Å². The Bertz CT molecular complexity index is 1820. The van der Waals surface area contributed by atoms with Gasteiger partial charge in [-0.25, -0.2) is 9.13 Å². The highest BCUT2D eigenvalue weighted by atomic mass is 31.2. The molecular weight excluding hydrogens is 1220 g/mol. The van der Waals surface area contributed by atoms with Crippen LogP contribution in [0, 0.1) is 17.8 Å². The van der Waals surface area contributed by atoms with Crippen LogP contribution in [0.5, 0.6) is 0 Å². The topological polar surface area (TPSA) is 237 Å². The van der Waals surface area contributed by atoms with Crippen molar-refractivity contribution in [3.8, 4) is 0 Å². The molecule has 0 aromatic carbocycles. The van der Waals surface area contributed by atoms with Gasteiger partial charge >= 0.3 is 39.5 Å². The number of unbranched alkanes of at least 4 members (excludes halogenated alkanes) is 39. The summed E-state index contributed by atoms with van der Waals surface area (Å²) in [6.45, 7) is 11.9. The van der Waals surface area contributed by atoms with Crippen molar-refractivity contribution in [3.05, 3.63) is 0 Å². The van der Waals surface area contributed by atoms with Crippen LogP contribution in [-0.4, -0.2) is 96.7 Å². The molecule has 0 amide bonds. The molecule has 0 aliphatic rings. The highest BCUT2D eigenvalue weighted by molar-refractivity contribution is 7.47. The zero-order chi connectivity index (χ0) is 68.7. The van der Waals surface area contributed by atoms with Crippen molar-refractivity contribution in [2.75, 3.05) is 39.6 Å². The van der Waals surface area contributed by atoms with Crippen molar-refractivity contribution in [1.29, 1.82) is 0 Å². The summed E-state index contributed by atoms with van der Waals surface area (Å²) in [5.41, 5.74) is 0. The largest absolute Gasteiger partial charge is 0.472 e. The predicted octanol–water partition coefficient (Wildman–Crippen LogP) is 21.4. The third kappa shape index (κ3) is 67.0. The first-order valence-corrected chi connectivity index (χ1v) is 41.4. The minimum atomic E-state index is -4.96. The maximum atomic E-state index is 13.1. The smallest absolute Gasteiger partial charge is 0.462 e. The van der Waals surface area contributed by atoms with E-state index in [4.69, 9.17) is 37.0 Å². The summed E-state index contributed by atoms with van der Waals surface area (Å²) in [5.74, 6) is 0.257. The molecule has 0 bridgehead atoms. The highest BCUT2D eigenvalue weighted by Crippen LogP contribution is 2.45. The van der Waals surface area contributed by atoms with Gasteiger partial charge < -0.3 is 33.8 Å². The molecular formula is C74H144O17P2. The number of hydrogen-bond donors (Lipinski definition) is 3. The zero-order valence-electron chi connectivity index (χ0n) is 60.7. The normalized spacial score (nSPS) is 14.4. The molecule has 0 saturated heterocycles. The standard InChI is InChI=1S/C74H144O17P2/c1-8-10-11-12-31-41-48-55-71(76)84-61-69(90-74(79)58-51-44-37-30-24-23-27-34-40-47-54-67(7)9-2)63-88-92(80,81)86-59-68(75)60-87-93(82,83)89-64-70(91-73(78)57-50-43-36-29-22-18-14-16-20-26-33-39-46-53-66(5)6)62-85-72(77)56-49-42-35-28-21-17-13-15-19-25-32-38-45-52-65(3)4/h65-70,75H,8-64H2,1-7H3,(H,80,81)(H,82,83)/t67?,68-,69+,70+/m0/s1. The quantitative estimate of drug-likeness (QED) is 0.0222. The fourth-order valence-electron chi connectivity index (χ4n) is 11.2. The van der Waals surface area contributed by atoms with Crippen LogP contribution in [0.2, 0.25) is 0 Å². The van der Waals surface area contributed by atoms with Gasteiger partial charge in [-0.2, -0.15) is 0 Å². The van der Waals surface area contributed by atoms with Crippen molar-refractivity contribution < 1.29 is 80.2 Å². The summed E-state index contributed by atoms with van der Waals surface area (Å²) >= 11 is 0. The Morgan fingerprint density at radius 2 is 0.548 bits per heavy atom. The molecule has 3 N–H and O–H groups in total. The van der Waals surface area contributed by atoms with Crippen LogP contribution in [0.1, 0.15) is 376 Å². The Labute approximate surface area is 568 Å². The Morgan fingerprint density at radius 1 is 0.312 bits per heavy atom. The van der Waals surface area contributed by atoms with E-state index in [-0.39, 0.29) is 25.7 Å². The average molecular weight is 1370 g/mol. The van der Waals surface area contributed by atoms with E-state index in [2.05, 4.69) is 48.5 Å². The number of hydrogen-bond acceptors (Lipinski definition) is 15. The van der Waals surface area contributed by atoms with Gasteiger partial charge in [-0.1, -0.05) is 325 Å². The predicted molar refractivity (Wildman–Crippen MR) is 377 cm³/mol. The van der Waals surface area contributed by atoms with Crippen molar-refractivity contribution in [2.24, 2.45) is 17.8 Å². The molecule has 0 radical (unpaired) electrons. The Morgan fingerprint density at radius 3 is 0.817 bits per heavy atom. The fourth-order valence-corrected chi connectivity index (χ4v) is 12.8. The molecule has 0 aliphatic heterocycles. The first kappa shape index (κ1) is 91.1. The lowest BCUT2D eigenvalue weighted by atomic mass is 9.99. The third-order valence-electron chi connectivity index (χ3n) is 17.5. The van der Waals surface area contributed by atoms with Gasteiger partial charge in [-0.3, -0.25) is 37.3 Å². The summed E-state index contributed by atoms with van der Waals surface area (Å²) in [6, 6.07) is 0. The molecule has 6 atom stereocenters. The molecule has 552 valence electrons. The van der Waals surface area contributed by atoms with E-state index in [0.717, 1.165) is 120 Å². The Balaban J connectivity index is 5.21. The zero-order valence-corrected chi connectivity index (χ0v) is 62.5. The number of ether oxygens (including phenoxy) is 4. The summed E-state index contributed by atoms with van der Waals surface area (Å²) in [5, 5.41) is 10.6. The SMILES string of the molecule is CCCCCCCCCC(=O)OC[C@H](COP(=O)(O)OC[C@H](O)COP(=O)(O)OC[C@@H](COC(=O)CCCCCCCCCCCCCCCC(C)C)OC(=O)CCCCCCCCCCCCCCCC(C)C)OC(=O)CCCCCCCCCCCCC(C)CC. The van der Waals surface area contributed by atoms with E-state index >= 15 is 0 Å². The van der Waals surface area contributed by atoms with E-state index in [1.54, 1.807) is 0 Å². The second-order valence-electron chi connectivity index (χ2n) is 27.9. The van der Waals surface area contributed by atoms with Gasteiger partial charge in [0.05, 0.1) is 26.4 Å². The molecule has 0 saturated carbocycles. The molecule has 93 heavy (non-hydrogen) atoms. The van der Waals surface area contributed by atoms with Crippen molar-refractivity contribution in [3.63, 3.8) is 0 Å². The van der Waals surface area contributed by atoms with E-state index in [1.807, 2.05) is 0 Å². The van der Waals surface area contributed by atoms with E-state index < -0.39 is 97.5 Å². The molecule has 0 fully saturated rings. The van der Waals surface area contributed by atoms with Gasteiger partial charge in [0.1, 0.15) is 19.3 Å². The third-order valence-corrected chi connectivity index (χ3v) is 19.4. The lowest BCUT2D eigenvalue weighted by Crippen LogP contribution is -2.30.